The van der Waals surface area contributed by atoms with Gasteiger partial charge >= 0.3 is 5.97 Å². The summed E-state index contributed by atoms with van der Waals surface area (Å²) in [6.45, 7) is 8.53. The second-order valence-electron chi connectivity index (χ2n) is 6.18. The predicted molar refractivity (Wildman–Crippen MR) is 81.2 cm³/mol. The second kappa shape index (κ2) is 6.45. The molecule has 1 aromatic rings. The largest absolute Gasteiger partial charge is 0.481 e. The molecule has 1 aromatic carbocycles. The summed E-state index contributed by atoms with van der Waals surface area (Å²) in [7, 11) is 0. The van der Waals surface area contributed by atoms with Crippen LogP contribution in [0.5, 0.6) is 5.75 Å². The van der Waals surface area contributed by atoms with Crippen LogP contribution in [0.2, 0.25) is 0 Å². The van der Waals surface area contributed by atoms with E-state index in [9.17, 15) is 15.0 Å². The Kier molecular flexibility index (Phi) is 5.36. The number of nitrogens with one attached hydrogen (secondary N) is 1. The molecule has 0 spiro atoms. The molecule has 0 saturated heterocycles. The van der Waals surface area contributed by atoms with E-state index >= 15 is 0 Å². The van der Waals surface area contributed by atoms with E-state index in [1.807, 2.05) is 6.92 Å². The molecule has 1 unspecified atom stereocenters. The van der Waals surface area contributed by atoms with E-state index < -0.39 is 17.1 Å². The summed E-state index contributed by atoms with van der Waals surface area (Å²) in [5.41, 5.74) is -1.35. The minimum Gasteiger partial charge on any atom is -0.481 e. The van der Waals surface area contributed by atoms with Crippen LogP contribution in [0.15, 0.2) is 24.3 Å². The van der Waals surface area contributed by atoms with Crippen molar-refractivity contribution in [3.05, 3.63) is 29.8 Å². The second-order valence-corrected chi connectivity index (χ2v) is 6.18. The molecule has 0 bridgehead atoms. The van der Waals surface area contributed by atoms with Crippen molar-refractivity contribution < 1.29 is 19.7 Å². The van der Waals surface area contributed by atoms with Gasteiger partial charge in [0.25, 0.3) is 0 Å². The van der Waals surface area contributed by atoms with Crippen molar-refractivity contribution in [2.24, 2.45) is 0 Å². The highest BCUT2D eigenvalue weighted by Crippen LogP contribution is 2.27. The van der Waals surface area contributed by atoms with Crippen molar-refractivity contribution in [2.75, 3.05) is 0 Å². The first-order valence-electron chi connectivity index (χ1n) is 7.07. The normalized spacial score (nSPS) is 13.8. The lowest BCUT2D eigenvalue weighted by molar-refractivity contribution is -0.142. The highest BCUT2D eigenvalue weighted by atomic mass is 16.5. The maximum absolute atomic E-state index is 11.3. The molecule has 0 heterocycles. The third-order valence-corrected chi connectivity index (χ3v) is 3.25. The van der Waals surface area contributed by atoms with E-state index in [2.05, 4.69) is 5.32 Å². The van der Waals surface area contributed by atoms with Crippen molar-refractivity contribution in [3.8, 4) is 5.75 Å². The first kappa shape index (κ1) is 17.5. The zero-order valence-corrected chi connectivity index (χ0v) is 13.3. The summed E-state index contributed by atoms with van der Waals surface area (Å²) >= 11 is 0. The summed E-state index contributed by atoms with van der Waals surface area (Å²) in [4.78, 5) is 11.3. The molecule has 0 saturated carbocycles. The Balaban J connectivity index is 2.93. The minimum absolute atomic E-state index is 0.354. The average Bonchev–Trinajstić information content (AvgIpc) is 2.36. The van der Waals surface area contributed by atoms with Gasteiger partial charge in [0.2, 0.25) is 0 Å². The molecule has 5 nitrogen and oxygen atoms in total. The Labute approximate surface area is 125 Å². The van der Waals surface area contributed by atoms with E-state index in [4.69, 9.17) is 4.74 Å². The van der Waals surface area contributed by atoms with Crippen LogP contribution < -0.4 is 10.1 Å². The Morgan fingerprint density at radius 1 is 1.33 bits per heavy atom. The van der Waals surface area contributed by atoms with Gasteiger partial charge in [0.05, 0.1) is 5.41 Å². The van der Waals surface area contributed by atoms with Gasteiger partial charge in [-0.05, 0) is 51.8 Å². The van der Waals surface area contributed by atoms with Crippen LogP contribution in [0.1, 0.15) is 46.6 Å². The van der Waals surface area contributed by atoms with Crippen LogP contribution in [0.3, 0.4) is 0 Å². The molecule has 1 atom stereocenters. The van der Waals surface area contributed by atoms with Crippen LogP contribution in [-0.2, 0) is 10.2 Å². The number of aliphatic hydroxyl groups is 1. The van der Waals surface area contributed by atoms with Crippen LogP contribution in [0, 0.1) is 0 Å². The Hall–Kier alpha value is -1.59. The van der Waals surface area contributed by atoms with Gasteiger partial charge in [0.15, 0.2) is 6.23 Å². The molecule has 0 aromatic heterocycles. The average molecular weight is 295 g/mol. The van der Waals surface area contributed by atoms with Crippen LogP contribution in [0.4, 0.5) is 0 Å². The van der Waals surface area contributed by atoms with E-state index in [1.54, 1.807) is 52.0 Å². The molecule has 118 valence electrons. The van der Waals surface area contributed by atoms with Crippen LogP contribution in [-0.4, -0.2) is 28.1 Å². The number of aliphatic carboxylic acids is 1. The Morgan fingerprint density at radius 3 is 2.43 bits per heavy atom. The summed E-state index contributed by atoms with van der Waals surface area (Å²) < 4.78 is 5.79. The summed E-state index contributed by atoms with van der Waals surface area (Å²) in [6.07, 6.45) is 0.310. The lowest BCUT2D eigenvalue weighted by atomic mass is 9.85. The van der Waals surface area contributed by atoms with Crippen LogP contribution in [0.25, 0.3) is 0 Å². The zero-order chi connectivity index (χ0) is 16.3. The molecule has 21 heavy (non-hydrogen) atoms. The molecule has 0 aliphatic heterocycles. The topological polar surface area (TPSA) is 78.8 Å². The van der Waals surface area contributed by atoms with Gasteiger partial charge in [-0.2, -0.15) is 0 Å². The van der Waals surface area contributed by atoms with Crippen molar-refractivity contribution >= 4 is 5.97 Å². The first-order chi connectivity index (χ1) is 9.56. The number of hydrogen-bond acceptors (Lipinski definition) is 4. The Bertz CT molecular complexity index is 491. The number of carboxylic acid groups (broad SMARTS) is 1. The van der Waals surface area contributed by atoms with E-state index in [0.29, 0.717) is 17.7 Å². The van der Waals surface area contributed by atoms with Gasteiger partial charge in [-0.1, -0.05) is 19.1 Å². The number of ether oxygens (including phenoxy) is 1. The SMILES string of the molecule is CCC(NC(C)(C)O)Oc1cccc(C(C)(C)C(=O)O)c1. The fraction of sp³-hybridized carbons (Fsp3) is 0.562. The van der Waals surface area contributed by atoms with Gasteiger partial charge in [-0.15, -0.1) is 0 Å². The molecule has 0 aliphatic carbocycles. The fourth-order valence-electron chi connectivity index (χ4n) is 1.85. The zero-order valence-electron chi connectivity index (χ0n) is 13.3. The molecule has 3 N–H and O–H groups in total. The maximum atomic E-state index is 11.3. The standard InChI is InChI=1S/C16H25NO4/c1-6-13(17-16(4,5)20)21-12-9-7-8-11(10-12)15(2,3)14(18)19/h7-10,13,17,20H,6H2,1-5H3,(H,18,19). The van der Waals surface area contributed by atoms with Gasteiger partial charge in [-0.3, -0.25) is 10.1 Å². The summed E-state index contributed by atoms with van der Waals surface area (Å²) in [5.74, 6) is -0.313. The number of hydrogen-bond donors (Lipinski definition) is 3. The maximum Gasteiger partial charge on any atom is 0.313 e. The number of rotatable bonds is 7. The highest BCUT2D eigenvalue weighted by Gasteiger charge is 2.29. The molecule has 5 heteroatoms. The molecule has 0 fully saturated rings. The van der Waals surface area contributed by atoms with Gasteiger partial charge in [-0.25, -0.2) is 0 Å². The van der Waals surface area contributed by atoms with Crippen molar-refractivity contribution in [1.29, 1.82) is 0 Å². The van der Waals surface area contributed by atoms with Gasteiger partial charge in [0, 0.05) is 0 Å². The molecular formula is C16H25NO4. The monoisotopic (exact) mass is 295 g/mol. The predicted octanol–water partition coefficient (Wildman–Crippen LogP) is 2.48. The minimum atomic E-state index is -1.04. The lowest BCUT2D eigenvalue weighted by Crippen LogP contribution is -2.48. The number of carbonyl (C=O) groups is 1. The number of carboxylic acids is 1. The van der Waals surface area contributed by atoms with Crippen molar-refractivity contribution in [2.45, 2.75) is 58.4 Å². The van der Waals surface area contributed by atoms with E-state index in [1.165, 1.54) is 0 Å². The smallest absolute Gasteiger partial charge is 0.313 e. The third-order valence-electron chi connectivity index (χ3n) is 3.25. The molecule has 1 rings (SSSR count). The van der Waals surface area contributed by atoms with Crippen molar-refractivity contribution in [3.63, 3.8) is 0 Å². The van der Waals surface area contributed by atoms with Crippen LogP contribution >= 0.6 is 0 Å². The fourth-order valence-corrected chi connectivity index (χ4v) is 1.85. The third kappa shape index (κ3) is 5.02. The van der Waals surface area contributed by atoms with Gasteiger partial charge < -0.3 is 14.9 Å². The number of benzene rings is 1. The molecule has 0 aliphatic rings. The highest BCUT2D eigenvalue weighted by molar-refractivity contribution is 5.80. The Morgan fingerprint density at radius 2 is 1.95 bits per heavy atom. The summed E-state index contributed by atoms with van der Waals surface area (Å²) in [5, 5.41) is 22.0. The van der Waals surface area contributed by atoms with Gasteiger partial charge in [0.1, 0.15) is 11.5 Å². The molecule has 0 radical (unpaired) electrons. The van der Waals surface area contributed by atoms with E-state index in [-0.39, 0.29) is 6.23 Å². The quantitative estimate of drug-likeness (QED) is 0.674. The molecule has 0 amide bonds. The summed E-state index contributed by atoms with van der Waals surface area (Å²) in [6, 6.07) is 7.04. The molecular weight excluding hydrogens is 270 g/mol. The lowest BCUT2D eigenvalue weighted by Gasteiger charge is -2.28. The first-order valence-corrected chi connectivity index (χ1v) is 7.07. The van der Waals surface area contributed by atoms with E-state index in [0.717, 1.165) is 0 Å². The van der Waals surface area contributed by atoms with Crippen molar-refractivity contribution in [1.82, 2.24) is 5.32 Å².